The molecule has 8 nitrogen and oxygen atoms in total. The number of hydrogen-bond acceptors (Lipinski definition) is 7. The lowest BCUT2D eigenvalue weighted by atomic mass is 10.2. The number of fused-ring (bicyclic) bond motifs is 1. The van der Waals surface area contributed by atoms with Crippen LogP contribution in [-0.2, 0) is 0 Å². The zero-order chi connectivity index (χ0) is 20.2. The summed E-state index contributed by atoms with van der Waals surface area (Å²) in [7, 11) is 0. The second-order valence-electron chi connectivity index (χ2n) is 6.29. The Hall–Kier alpha value is -3.81. The lowest BCUT2D eigenvalue weighted by Crippen LogP contribution is -2.15. The van der Waals surface area contributed by atoms with Crippen LogP contribution in [0.15, 0.2) is 48.5 Å². The molecular formula is C21H20N4O4. The van der Waals surface area contributed by atoms with E-state index in [-0.39, 0.29) is 18.4 Å². The Bertz CT molecular complexity index is 1040. The molecule has 2 aromatic carbocycles. The van der Waals surface area contributed by atoms with Crippen molar-refractivity contribution in [2.24, 2.45) is 0 Å². The number of aryl methyl sites for hydroxylation is 1. The van der Waals surface area contributed by atoms with Gasteiger partial charge in [0.1, 0.15) is 23.1 Å². The summed E-state index contributed by atoms with van der Waals surface area (Å²) in [6.07, 6.45) is 0. The Morgan fingerprint density at radius 3 is 2.59 bits per heavy atom. The fourth-order valence-corrected chi connectivity index (χ4v) is 2.87. The first-order valence-corrected chi connectivity index (χ1v) is 9.17. The van der Waals surface area contributed by atoms with E-state index < -0.39 is 0 Å². The summed E-state index contributed by atoms with van der Waals surface area (Å²) in [5.41, 5.74) is 1.68. The summed E-state index contributed by atoms with van der Waals surface area (Å²) >= 11 is 0. The molecule has 3 aromatic rings. The molecule has 0 saturated heterocycles. The highest BCUT2D eigenvalue weighted by atomic mass is 16.7. The predicted octanol–water partition coefficient (Wildman–Crippen LogP) is 3.91. The number of nitrogens with one attached hydrogen (secondary N) is 2. The van der Waals surface area contributed by atoms with Gasteiger partial charge in [0.05, 0.1) is 6.61 Å². The lowest BCUT2D eigenvalue weighted by molar-refractivity contribution is 0.102. The van der Waals surface area contributed by atoms with Crippen LogP contribution in [0.25, 0.3) is 0 Å². The van der Waals surface area contributed by atoms with Crippen molar-refractivity contribution in [2.45, 2.75) is 13.8 Å². The summed E-state index contributed by atoms with van der Waals surface area (Å²) in [6.45, 7) is 4.45. The molecule has 0 atom stereocenters. The van der Waals surface area contributed by atoms with E-state index in [4.69, 9.17) is 14.2 Å². The zero-order valence-electron chi connectivity index (χ0n) is 16.1. The van der Waals surface area contributed by atoms with Gasteiger partial charge in [0, 0.05) is 23.5 Å². The number of ether oxygens (including phenoxy) is 3. The molecule has 1 amide bonds. The molecule has 0 fully saturated rings. The van der Waals surface area contributed by atoms with Gasteiger partial charge in [-0.15, -0.1) is 0 Å². The van der Waals surface area contributed by atoms with Crippen LogP contribution in [0.3, 0.4) is 0 Å². The van der Waals surface area contributed by atoms with E-state index in [1.54, 1.807) is 37.3 Å². The molecule has 1 aliphatic heterocycles. The van der Waals surface area contributed by atoms with Gasteiger partial charge in [-0.1, -0.05) is 0 Å². The van der Waals surface area contributed by atoms with Gasteiger partial charge in [0.15, 0.2) is 11.5 Å². The van der Waals surface area contributed by atoms with E-state index in [9.17, 15) is 4.79 Å². The molecule has 0 radical (unpaired) electrons. The van der Waals surface area contributed by atoms with Gasteiger partial charge in [-0.3, -0.25) is 4.79 Å². The van der Waals surface area contributed by atoms with E-state index in [1.165, 1.54) is 0 Å². The summed E-state index contributed by atoms with van der Waals surface area (Å²) in [4.78, 5) is 21.2. The van der Waals surface area contributed by atoms with Crippen LogP contribution in [0.1, 0.15) is 23.2 Å². The molecular weight excluding hydrogens is 372 g/mol. The first kappa shape index (κ1) is 18.5. The largest absolute Gasteiger partial charge is 0.494 e. The minimum Gasteiger partial charge on any atom is -0.494 e. The molecule has 148 valence electrons. The number of benzene rings is 2. The van der Waals surface area contributed by atoms with Crippen LogP contribution in [0.5, 0.6) is 17.2 Å². The van der Waals surface area contributed by atoms with E-state index in [2.05, 4.69) is 20.6 Å². The van der Waals surface area contributed by atoms with Crippen molar-refractivity contribution in [1.82, 2.24) is 9.97 Å². The van der Waals surface area contributed by atoms with Crippen LogP contribution in [0.4, 0.5) is 17.2 Å². The van der Waals surface area contributed by atoms with Gasteiger partial charge in [0.2, 0.25) is 6.79 Å². The van der Waals surface area contributed by atoms with E-state index in [0.717, 1.165) is 11.4 Å². The maximum Gasteiger partial charge on any atom is 0.274 e. The predicted molar refractivity (Wildman–Crippen MR) is 108 cm³/mol. The summed E-state index contributed by atoms with van der Waals surface area (Å²) in [5.74, 6) is 2.77. The molecule has 0 bridgehead atoms. The Morgan fingerprint density at radius 2 is 1.79 bits per heavy atom. The highest BCUT2D eigenvalue weighted by Gasteiger charge is 2.15. The highest BCUT2D eigenvalue weighted by molar-refractivity contribution is 6.03. The number of hydrogen-bond donors (Lipinski definition) is 2. The number of nitrogens with zero attached hydrogens (tertiary/aromatic N) is 2. The minimum absolute atomic E-state index is 0.210. The van der Waals surface area contributed by atoms with E-state index >= 15 is 0 Å². The molecule has 2 N–H and O–H groups in total. The SMILES string of the molecule is CCOc1ccc(NC(=O)c2cc(Nc3ccc4c(c3)OCO4)nc(C)n2)cc1. The lowest BCUT2D eigenvalue weighted by Gasteiger charge is -2.10. The summed E-state index contributed by atoms with van der Waals surface area (Å²) in [6, 6.07) is 14.3. The Kier molecular flexibility index (Phi) is 5.15. The van der Waals surface area contributed by atoms with Crippen molar-refractivity contribution < 1.29 is 19.0 Å². The number of carbonyl (C=O) groups is 1. The topological polar surface area (TPSA) is 94.6 Å². The van der Waals surface area contributed by atoms with Crippen molar-refractivity contribution in [1.29, 1.82) is 0 Å². The number of aromatic nitrogens is 2. The summed E-state index contributed by atoms with van der Waals surface area (Å²) in [5, 5.41) is 6.00. The van der Waals surface area contributed by atoms with Crippen molar-refractivity contribution in [3.05, 3.63) is 60.0 Å². The maximum absolute atomic E-state index is 12.6. The number of carbonyl (C=O) groups excluding carboxylic acids is 1. The molecule has 4 rings (SSSR count). The third-order valence-corrected chi connectivity index (χ3v) is 4.14. The van der Waals surface area contributed by atoms with Crippen molar-refractivity contribution >= 4 is 23.1 Å². The first-order valence-electron chi connectivity index (χ1n) is 9.17. The molecule has 2 heterocycles. The maximum atomic E-state index is 12.6. The fraction of sp³-hybridized carbons (Fsp3) is 0.190. The van der Waals surface area contributed by atoms with Gasteiger partial charge in [-0.2, -0.15) is 0 Å². The third kappa shape index (κ3) is 4.37. The fourth-order valence-electron chi connectivity index (χ4n) is 2.87. The number of amides is 1. The Labute approximate surface area is 167 Å². The molecule has 29 heavy (non-hydrogen) atoms. The second kappa shape index (κ2) is 8.05. The van der Waals surface area contributed by atoms with Gasteiger partial charge >= 0.3 is 0 Å². The van der Waals surface area contributed by atoms with Crippen molar-refractivity contribution in [3.8, 4) is 17.2 Å². The average molecular weight is 392 g/mol. The van der Waals surface area contributed by atoms with Crippen molar-refractivity contribution in [3.63, 3.8) is 0 Å². The minimum atomic E-state index is -0.326. The first-order chi connectivity index (χ1) is 14.1. The van der Waals surface area contributed by atoms with Crippen LogP contribution in [-0.4, -0.2) is 29.3 Å². The van der Waals surface area contributed by atoms with Crippen LogP contribution in [0, 0.1) is 6.92 Å². The van der Waals surface area contributed by atoms with Gasteiger partial charge < -0.3 is 24.8 Å². The van der Waals surface area contributed by atoms with Crippen molar-refractivity contribution in [2.75, 3.05) is 24.0 Å². The Morgan fingerprint density at radius 1 is 1.03 bits per heavy atom. The smallest absolute Gasteiger partial charge is 0.274 e. The molecule has 0 saturated carbocycles. The quantitative estimate of drug-likeness (QED) is 0.657. The molecule has 1 aromatic heterocycles. The third-order valence-electron chi connectivity index (χ3n) is 4.14. The van der Waals surface area contributed by atoms with Crippen LogP contribution < -0.4 is 24.8 Å². The molecule has 0 unspecified atom stereocenters. The highest BCUT2D eigenvalue weighted by Crippen LogP contribution is 2.35. The zero-order valence-corrected chi connectivity index (χ0v) is 16.1. The molecule has 0 spiro atoms. The van der Waals surface area contributed by atoms with Crippen LogP contribution in [0.2, 0.25) is 0 Å². The monoisotopic (exact) mass is 392 g/mol. The number of rotatable bonds is 6. The summed E-state index contributed by atoms with van der Waals surface area (Å²) < 4.78 is 16.1. The van der Waals surface area contributed by atoms with Gasteiger partial charge in [-0.25, -0.2) is 9.97 Å². The van der Waals surface area contributed by atoms with Gasteiger partial charge in [-0.05, 0) is 50.2 Å². The molecule has 0 aliphatic carbocycles. The normalized spacial score (nSPS) is 11.8. The Balaban J connectivity index is 1.49. The van der Waals surface area contributed by atoms with Crippen LogP contribution >= 0.6 is 0 Å². The molecule has 8 heteroatoms. The molecule has 1 aliphatic rings. The number of anilines is 3. The van der Waals surface area contributed by atoms with E-state index in [1.807, 2.05) is 25.1 Å². The van der Waals surface area contributed by atoms with E-state index in [0.29, 0.717) is 35.4 Å². The average Bonchev–Trinajstić information content (AvgIpc) is 3.17. The second-order valence-corrected chi connectivity index (χ2v) is 6.29. The standard InChI is InChI=1S/C21H20N4O4/c1-3-27-16-7-4-14(5-8-16)25-21(26)17-11-20(23-13(2)22-17)24-15-6-9-18-19(10-15)29-12-28-18/h4-11H,3,12H2,1-2H3,(H,25,26)(H,22,23,24). The van der Waals surface area contributed by atoms with Gasteiger partial charge in [0.25, 0.3) is 5.91 Å².